The van der Waals surface area contributed by atoms with Gasteiger partial charge in [-0.2, -0.15) is 0 Å². The van der Waals surface area contributed by atoms with Gasteiger partial charge in [0.1, 0.15) is 11.6 Å². The molecule has 4 rings (SSSR count). The molecule has 0 saturated carbocycles. The number of allylic oxidation sites excluding steroid dienone is 1. The molecule has 4 N–H and O–H groups in total. The van der Waals surface area contributed by atoms with E-state index in [0.717, 1.165) is 49.9 Å². The third-order valence-electron chi connectivity index (χ3n) is 5.87. The van der Waals surface area contributed by atoms with Crippen LogP contribution >= 0.6 is 11.6 Å². The first-order valence-electron chi connectivity index (χ1n) is 11.0. The number of hydrogen-bond donors (Lipinski definition) is 3. The molecular formula is C25H25ClFN5O2. The van der Waals surface area contributed by atoms with Crippen LogP contribution in [0.5, 0.6) is 0 Å². The van der Waals surface area contributed by atoms with Crippen LogP contribution in [0.25, 0.3) is 10.9 Å². The zero-order valence-electron chi connectivity index (χ0n) is 18.4. The third kappa shape index (κ3) is 5.58. The van der Waals surface area contributed by atoms with E-state index in [2.05, 4.69) is 15.3 Å². The zero-order valence-corrected chi connectivity index (χ0v) is 19.2. The van der Waals surface area contributed by atoms with E-state index >= 15 is 0 Å². The van der Waals surface area contributed by atoms with Gasteiger partial charge in [0, 0.05) is 48.7 Å². The van der Waals surface area contributed by atoms with Crippen molar-refractivity contribution in [1.29, 1.82) is 5.41 Å². The van der Waals surface area contributed by atoms with Crippen LogP contribution in [0, 0.1) is 17.1 Å². The number of benzene rings is 2. The molecule has 2 aromatic carbocycles. The molecule has 0 aliphatic carbocycles. The molecule has 0 bridgehead atoms. The Morgan fingerprint density at radius 2 is 2.09 bits per heavy atom. The van der Waals surface area contributed by atoms with E-state index in [1.165, 1.54) is 18.2 Å². The number of ether oxygens (including phenoxy) is 1. The van der Waals surface area contributed by atoms with Crippen molar-refractivity contribution < 1.29 is 13.9 Å². The van der Waals surface area contributed by atoms with E-state index in [0.29, 0.717) is 22.6 Å². The van der Waals surface area contributed by atoms with Crippen LogP contribution in [0.1, 0.15) is 40.6 Å². The Hall–Kier alpha value is -3.36. The summed E-state index contributed by atoms with van der Waals surface area (Å²) in [4.78, 5) is 22.3. The van der Waals surface area contributed by atoms with Crippen molar-refractivity contribution in [1.82, 2.24) is 15.3 Å². The molecule has 1 aromatic heterocycles. The Morgan fingerprint density at radius 3 is 2.82 bits per heavy atom. The minimum absolute atomic E-state index is 0.0331. The third-order valence-corrected chi connectivity index (χ3v) is 6.17. The fourth-order valence-electron chi connectivity index (χ4n) is 3.97. The summed E-state index contributed by atoms with van der Waals surface area (Å²) in [6.45, 7) is 1.52. The van der Waals surface area contributed by atoms with Crippen LogP contribution in [0.4, 0.5) is 4.39 Å². The fraction of sp³-hybridized carbons (Fsp3) is 0.280. The Balaban J connectivity index is 1.58. The van der Waals surface area contributed by atoms with E-state index in [9.17, 15) is 9.18 Å². The molecule has 0 spiro atoms. The smallest absolute Gasteiger partial charge is 0.252 e. The van der Waals surface area contributed by atoms with E-state index in [-0.39, 0.29) is 10.7 Å². The Kier molecular flexibility index (Phi) is 7.49. The first kappa shape index (κ1) is 23.8. The highest BCUT2D eigenvalue weighted by atomic mass is 35.5. The van der Waals surface area contributed by atoms with E-state index in [1.807, 2.05) is 0 Å². The van der Waals surface area contributed by atoms with Crippen molar-refractivity contribution >= 4 is 34.6 Å². The summed E-state index contributed by atoms with van der Waals surface area (Å²) in [5, 5.41) is 10.9. The topological polar surface area (TPSA) is 114 Å². The van der Waals surface area contributed by atoms with Gasteiger partial charge in [0.25, 0.3) is 5.91 Å². The van der Waals surface area contributed by atoms with E-state index in [4.69, 9.17) is 27.5 Å². The van der Waals surface area contributed by atoms with Crippen LogP contribution < -0.4 is 11.1 Å². The molecule has 7 nitrogen and oxygen atoms in total. The van der Waals surface area contributed by atoms with Crippen LogP contribution in [0.15, 0.2) is 54.4 Å². The number of fused-ring (bicyclic) bond motifs is 1. The first-order valence-corrected chi connectivity index (χ1v) is 11.4. The molecule has 176 valence electrons. The molecule has 9 heteroatoms. The molecule has 0 unspecified atom stereocenters. The second kappa shape index (κ2) is 10.7. The number of halogens is 2. The average molecular weight is 482 g/mol. The summed E-state index contributed by atoms with van der Waals surface area (Å²) in [6.07, 6.45) is 6.86. The molecule has 3 aromatic rings. The lowest BCUT2D eigenvalue weighted by Gasteiger charge is -2.21. The maximum Gasteiger partial charge on any atom is 0.252 e. The lowest BCUT2D eigenvalue weighted by Crippen LogP contribution is -2.32. The molecule has 1 fully saturated rings. The highest BCUT2D eigenvalue weighted by Crippen LogP contribution is 2.25. The first-order chi connectivity index (χ1) is 16.4. The van der Waals surface area contributed by atoms with Gasteiger partial charge in [-0.05, 0) is 54.7 Å². The van der Waals surface area contributed by atoms with Crippen LogP contribution in [-0.4, -0.2) is 35.3 Å². The molecule has 1 atom stereocenters. The predicted molar refractivity (Wildman–Crippen MR) is 129 cm³/mol. The van der Waals surface area contributed by atoms with Gasteiger partial charge in [-0.3, -0.25) is 4.79 Å². The lowest BCUT2D eigenvalue weighted by atomic mass is 9.96. The van der Waals surface area contributed by atoms with Crippen molar-refractivity contribution in [3.8, 4) is 0 Å². The normalized spacial score (nSPS) is 15.8. The number of carbonyl (C=O) groups excluding carboxylic acids is 1. The minimum atomic E-state index is -0.842. The SMILES string of the molecule is N=CC=C(N)[C@@H](NC(=O)c1ccc2cnc(CC3CCOCC3)nc2c1)c1ccc(Cl)c(F)c1. The molecule has 1 aliphatic heterocycles. The van der Waals surface area contributed by atoms with Gasteiger partial charge in [0.2, 0.25) is 0 Å². The highest BCUT2D eigenvalue weighted by molar-refractivity contribution is 6.30. The Bertz CT molecular complexity index is 1240. The fourth-order valence-corrected chi connectivity index (χ4v) is 4.09. The number of rotatable bonds is 7. The summed E-state index contributed by atoms with van der Waals surface area (Å²) < 4.78 is 19.5. The van der Waals surface area contributed by atoms with Crippen molar-refractivity contribution in [2.45, 2.75) is 25.3 Å². The largest absolute Gasteiger partial charge is 0.400 e. The van der Waals surface area contributed by atoms with Gasteiger partial charge in [-0.15, -0.1) is 0 Å². The van der Waals surface area contributed by atoms with Gasteiger partial charge >= 0.3 is 0 Å². The Labute approximate surface area is 201 Å². The van der Waals surface area contributed by atoms with Crippen molar-refractivity contribution in [3.05, 3.63) is 82.2 Å². The van der Waals surface area contributed by atoms with Gasteiger partial charge in [0.05, 0.1) is 16.6 Å². The second-order valence-electron chi connectivity index (χ2n) is 8.23. The van der Waals surface area contributed by atoms with Crippen LogP contribution in [0.2, 0.25) is 5.02 Å². The Morgan fingerprint density at radius 1 is 1.29 bits per heavy atom. The maximum atomic E-state index is 14.1. The van der Waals surface area contributed by atoms with Gasteiger partial charge < -0.3 is 21.2 Å². The van der Waals surface area contributed by atoms with Crippen LogP contribution in [-0.2, 0) is 11.2 Å². The number of amides is 1. The van der Waals surface area contributed by atoms with E-state index in [1.54, 1.807) is 30.5 Å². The van der Waals surface area contributed by atoms with Gasteiger partial charge in [0.15, 0.2) is 0 Å². The number of carbonyl (C=O) groups is 1. The van der Waals surface area contributed by atoms with Crippen molar-refractivity contribution in [2.75, 3.05) is 13.2 Å². The number of nitrogens with one attached hydrogen (secondary N) is 2. The van der Waals surface area contributed by atoms with Gasteiger partial charge in [-0.25, -0.2) is 14.4 Å². The maximum absolute atomic E-state index is 14.1. The monoisotopic (exact) mass is 481 g/mol. The average Bonchev–Trinajstić information content (AvgIpc) is 2.84. The van der Waals surface area contributed by atoms with Crippen molar-refractivity contribution in [3.63, 3.8) is 0 Å². The molecule has 0 radical (unpaired) electrons. The molecule has 2 heterocycles. The quantitative estimate of drug-likeness (QED) is 0.434. The standard InChI is InChI=1S/C25H25ClFN5O2/c26-19-4-3-16(12-20(19)27)24(21(29)5-8-28)32-25(33)17-1-2-18-14-30-23(31-22(18)13-17)11-15-6-9-34-10-7-15/h1-5,8,12-15,24,28H,6-7,9-11,29H2,(H,32,33)/t24-/m0/s1. The predicted octanol–water partition coefficient (Wildman–Crippen LogP) is 4.35. The number of nitrogens with zero attached hydrogens (tertiary/aromatic N) is 2. The summed E-state index contributed by atoms with van der Waals surface area (Å²) in [5.74, 6) is 0.195. The summed E-state index contributed by atoms with van der Waals surface area (Å²) >= 11 is 5.79. The highest BCUT2D eigenvalue weighted by Gasteiger charge is 2.20. The summed E-state index contributed by atoms with van der Waals surface area (Å²) in [7, 11) is 0. The summed E-state index contributed by atoms with van der Waals surface area (Å²) in [6, 6.07) is 8.52. The molecule has 1 amide bonds. The van der Waals surface area contributed by atoms with E-state index < -0.39 is 17.8 Å². The molecule has 34 heavy (non-hydrogen) atoms. The lowest BCUT2D eigenvalue weighted by molar-refractivity contribution is 0.0660. The number of nitrogens with two attached hydrogens (primary N) is 1. The zero-order chi connectivity index (χ0) is 24.1. The van der Waals surface area contributed by atoms with Crippen LogP contribution in [0.3, 0.4) is 0 Å². The number of hydrogen-bond acceptors (Lipinski definition) is 6. The molecule has 1 saturated heterocycles. The summed E-state index contributed by atoms with van der Waals surface area (Å²) in [5.41, 5.74) is 7.73. The minimum Gasteiger partial charge on any atom is -0.400 e. The molecular weight excluding hydrogens is 457 g/mol. The number of aromatic nitrogens is 2. The van der Waals surface area contributed by atoms with Crippen molar-refractivity contribution in [2.24, 2.45) is 11.7 Å². The molecule has 1 aliphatic rings. The second-order valence-corrected chi connectivity index (χ2v) is 8.64. The van der Waals surface area contributed by atoms with Gasteiger partial charge in [-0.1, -0.05) is 23.7 Å².